The molecule has 3 aromatic heterocycles. The van der Waals surface area contributed by atoms with Gasteiger partial charge in [-0.1, -0.05) is 71.8 Å². The molecule has 0 unspecified atom stereocenters. The van der Waals surface area contributed by atoms with Gasteiger partial charge >= 0.3 is 0 Å². The van der Waals surface area contributed by atoms with Gasteiger partial charge in [-0.2, -0.15) is 10.5 Å². The van der Waals surface area contributed by atoms with Gasteiger partial charge in [0, 0.05) is 46.7 Å². The zero-order valence-corrected chi connectivity index (χ0v) is 26.8. The Balaban J connectivity index is 1.41. The second-order valence-electron chi connectivity index (χ2n) is 12.1. The zero-order valence-electron chi connectivity index (χ0n) is 26.8. The lowest BCUT2D eigenvalue weighted by atomic mass is 9.99. The molecule has 49 heavy (non-hydrogen) atoms. The molecular weight excluding hydrogens is 603 g/mol. The minimum absolute atomic E-state index is 0.376. The molecule has 8 aromatic rings. The summed E-state index contributed by atoms with van der Waals surface area (Å²) in [6.07, 6.45) is 6.09. The van der Waals surface area contributed by atoms with Gasteiger partial charge < -0.3 is 4.57 Å². The highest BCUT2D eigenvalue weighted by Crippen LogP contribution is 2.40. The quantitative estimate of drug-likeness (QED) is 0.188. The molecule has 0 saturated heterocycles. The number of nitriles is 2. The van der Waals surface area contributed by atoms with Gasteiger partial charge in [-0.05, 0) is 78.6 Å². The molecule has 0 radical (unpaired) electrons. The van der Waals surface area contributed by atoms with Crippen LogP contribution in [0.1, 0.15) is 22.3 Å². The summed E-state index contributed by atoms with van der Waals surface area (Å²) in [5, 5.41) is 20.9. The molecule has 5 aromatic carbocycles. The Hall–Kier alpha value is -6.96. The molecule has 7 nitrogen and oxygen atoms in total. The number of rotatable bonds is 5. The third-order valence-electron chi connectivity index (χ3n) is 8.77. The van der Waals surface area contributed by atoms with Crippen LogP contribution in [0.2, 0.25) is 0 Å². The van der Waals surface area contributed by atoms with Crippen LogP contribution < -0.4 is 0 Å². The number of nitrogens with zero attached hydrogens (tertiary/aromatic N) is 7. The largest absolute Gasteiger partial charge is 0.308 e. The fourth-order valence-electron chi connectivity index (χ4n) is 6.40. The summed E-state index contributed by atoms with van der Waals surface area (Å²) in [5.41, 5.74) is 12.2. The van der Waals surface area contributed by atoms with Crippen molar-refractivity contribution in [3.05, 3.63) is 150 Å². The Morgan fingerprint density at radius 3 is 1.45 bits per heavy atom. The van der Waals surface area contributed by atoms with Gasteiger partial charge in [0.15, 0.2) is 11.6 Å². The standard InChI is InChI=1S/C42H27N7/c1-26-5-3-7-30(15-26)32-9-12-38-35(17-32)36-18-33(31-8-4-6-27(2)16-31)10-13-39(36)49(38)40-14-11-34(41-45-22-28(20-43)23-46-41)19-37(40)42-47-24-29(21-44)25-48-42/h3-19,22-25H,1-2H3. The topological polar surface area (TPSA) is 104 Å². The molecule has 0 saturated carbocycles. The minimum Gasteiger partial charge on any atom is -0.308 e. The van der Waals surface area contributed by atoms with Crippen molar-refractivity contribution in [1.29, 1.82) is 10.5 Å². The first kappa shape index (κ1) is 29.4. The number of aryl methyl sites for hydroxylation is 2. The molecule has 0 aliphatic rings. The van der Waals surface area contributed by atoms with Gasteiger partial charge in [-0.3, -0.25) is 0 Å². The van der Waals surface area contributed by atoms with E-state index < -0.39 is 0 Å². The lowest BCUT2D eigenvalue weighted by Gasteiger charge is -2.15. The Morgan fingerprint density at radius 1 is 0.490 bits per heavy atom. The molecular formula is C42H27N7. The van der Waals surface area contributed by atoms with Crippen LogP contribution in [0.15, 0.2) is 128 Å². The van der Waals surface area contributed by atoms with E-state index in [1.54, 1.807) is 0 Å². The number of fused-ring (bicyclic) bond motifs is 3. The maximum atomic E-state index is 9.44. The van der Waals surface area contributed by atoms with Crippen molar-refractivity contribution in [3.63, 3.8) is 0 Å². The van der Waals surface area contributed by atoms with Gasteiger partial charge in [0.05, 0.1) is 27.8 Å². The van der Waals surface area contributed by atoms with Gasteiger partial charge in [0.2, 0.25) is 0 Å². The summed E-state index contributed by atoms with van der Waals surface area (Å²) in [4.78, 5) is 18.1. The predicted molar refractivity (Wildman–Crippen MR) is 193 cm³/mol. The van der Waals surface area contributed by atoms with Crippen molar-refractivity contribution < 1.29 is 0 Å². The summed E-state index contributed by atoms with van der Waals surface area (Å²) >= 11 is 0. The first-order valence-corrected chi connectivity index (χ1v) is 15.8. The molecule has 3 heterocycles. The maximum Gasteiger partial charge on any atom is 0.161 e. The highest BCUT2D eigenvalue weighted by atomic mass is 15.0. The second kappa shape index (κ2) is 12.0. The number of hydrogen-bond acceptors (Lipinski definition) is 6. The number of hydrogen-bond donors (Lipinski definition) is 0. The summed E-state index contributed by atoms with van der Waals surface area (Å²) in [6.45, 7) is 4.22. The first-order chi connectivity index (χ1) is 24.0. The van der Waals surface area contributed by atoms with Crippen LogP contribution in [0.3, 0.4) is 0 Å². The van der Waals surface area contributed by atoms with Crippen LogP contribution in [-0.4, -0.2) is 24.5 Å². The Kier molecular flexibility index (Phi) is 7.21. The minimum atomic E-state index is 0.376. The third-order valence-corrected chi connectivity index (χ3v) is 8.77. The van der Waals surface area contributed by atoms with Crippen molar-refractivity contribution in [2.24, 2.45) is 0 Å². The molecule has 230 valence electrons. The van der Waals surface area contributed by atoms with E-state index in [2.05, 4.69) is 135 Å². The molecule has 0 aliphatic carbocycles. The summed E-state index contributed by atoms with van der Waals surface area (Å²) in [5.74, 6) is 0.945. The summed E-state index contributed by atoms with van der Waals surface area (Å²) in [6, 6.07) is 40.6. The van der Waals surface area contributed by atoms with E-state index in [9.17, 15) is 10.5 Å². The monoisotopic (exact) mass is 629 g/mol. The molecule has 0 bridgehead atoms. The van der Waals surface area contributed by atoms with Crippen LogP contribution in [-0.2, 0) is 0 Å². The van der Waals surface area contributed by atoms with Gasteiger partial charge in [0.25, 0.3) is 0 Å². The average molecular weight is 630 g/mol. The Bertz CT molecular complexity index is 2540. The van der Waals surface area contributed by atoms with Crippen LogP contribution in [0.5, 0.6) is 0 Å². The van der Waals surface area contributed by atoms with Crippen LogP contribution in [0.4, 0.5) is 0 Å². The summed E-state index contributed by atoms with van der Waals surface area (Å²) in [7, 11) is 0. The maximum absolute atomic E-state index is 9.44. The van der Waals surface area contributed by atoms with Crippen LogP contribution in [0, 0.1) is 36.5 Å². The van der Waals surface area contributed by atoms with E-state index in [-0.39, 0.29) is 0 Å². The van der Waals surface area contributed by atoms with Gasteiger partial charge in [0.1, 0.15) is 12.1 Å². The third kappa shape index (κ3) is 5.36. The zero-order chi connectivity index (χ0) is 33.5. The van der Waals surface area contributed by atoms with E-state index in [1.165, 1.54) is 35.9 Å². The highest BCUT2D eigenvalue weighted by Gasteiger charge is 2.20. The fourth-order valence-corrected chi connectivity index (χ4v) is 6.40. The van der Waals surface area contributed by atoms with Gasteiger partial charge in [-0.25, -0.2) is 19.9 Å². The smallest absolute Gasteiger partial charge is 0.161 e. The molecule has 0 amide bonds. The Labute approximate surface area is 283 Å². The molecule has 8 rings (SSSR count). The van der Waals surface area contributed by atoms with E-state index in [4.69, 9.17) is 0 Å². The Morgan fingerprint density at radius 2 is 0.959 bits per heavy atom. The van der Waals surface area contributed by atoms with Crippen molar-refractivity contribution >= 4 is 21.8 Å². The first-order valence-electron chi connectivity index (χ1n) is 15.8. The van der Waals surface area contributed by atoms with Crippen LogP contribution >= 0.6 is 0 Å². The van der Waals surface area contributed by atoms with E-state index in [0.717, 1.165) is 60.9 Å². The second-order valence-corrected chi connectivity index (χ2v) is 12.1. The molecule has 0 spiro atoms. The van der Waals surface area contributed by atoms with E-state index in [1.807, 2.05) is 18.2 Å². The predicted octanol–water partition coefficient (Wildman–Crippen LogP) is 9.39. The van der Waals surface area contributed by atoms with Gasteiger partial charge in [-0.15, -0.1) is 0 Å². The molecule has 0 aliphatic heterocycles. The summed E-state index contributed by atoms with van der Waals surface area (Å²) < 4.78 is 2.25. The highest BCUT2D eigenvalue weighted by molar-refractivity contribution is 6.12. The van der Waals surface area contributed by atoms with E-state index >= 15 is 0 Å². The number of aromatic nitrogens is 5. The van der Waals surface area contributed by atoms with Crippen molar-refractivity contribution in [3.8, 4) is 62.9 Å². The van der Waals surface area contributed by atoms with E-state index in [0.29, 0.717) is 22.8 Å². The average Bonchev–Trinajstić information content (AvgIpc) is 3.47. The molecule has 7 heteroatoms. The molecule has 0 atom stereocenters. The van der Waals surface area contributed by atoms with Crippen molar-refractivity contribution in [2.75, 3.05) is 0 Å². The van der Waals surface area contributed by atoms with Crippen molar-refractivity contribution in [1.82, 2.24) is 24.5 Å². The van der Waals surface area contributed by atoms with Crippen LogP contribution in [0.25, 0.3) is 72.5 Å². The van der Waals surface area contributed by atoms with Crippen molar-refractivity contribution in [2.45, 2.75) is 13.8 Å². The normalized spacial score (nSPS) is 11.0. The molecule has 0 fully saturated rings. The SMILES string of the molecule is Cc1cccc(-c2ccc3c(c2)c2cc(-c4cccc(C)c4)ccc2n3-c2ccc(-c3ncc(C#N)cn3)cc2-c2ncc(C#N)cn2)c1. The lowest BCUT2D eigenvalue weighted by molar-refractivity contribution is 1.12. The fraction of sp³-hybridized carbons (Fsp3) is 0.0476. The molecule has 0 N–H and O–H groups in total. The lowest BCUT2D eigenvalue weighted by Crippen LogP contribution is -2.01. The number of benzene rings is 5.